The summed E-state index contributed by atoms with van der Waals surface area (Å²) in [7, 11) is 0. The molecule has 1 amide bonds. The molecule has 0 atom stereocenters. The van der Waals surface area contributed by atoms with Crippen molar-refractivity contribution in [2.24, 2.45) is 5.10 Å². The number of halogens is 3. The highest BCUT2D eigenvalue weighted by Gasteiger charge is 2.31. The summed E-state index contributed by atoms with van der Waals surface area (Å²) >= 11 is 0. The maximum absolute atomic E-state index is 13.1. The summed E-state index contributed by atoms with van der Waals surface area (Å²) in [6, 6.07) is 23.3. The predicted octanol–water partition coefficient (Wildman–Crippen LogP) is 6.78. The summed E-state index contributed by atoms with van der Waals surface area (Å²) in [5.74, 6) is -0.411. The molecule has 0 radical (unpaired) electrons. The van der Waals surface area contributed by atoms with Gasteiger partial charge in [0.1, 0.15) is 11.4 Å². The summed E-state index contributed by atoms with van der Waals surface area (Å²) < 4.78 is 47.0. The van der Waals surface area contributed by atoms with Crippen molar-refractivity contribution in [3.8, 4) is 5.75 Å². The van der Waals surface area contributed by atoms with Crippen molar-refractivity contribution < 1.29 is 27.4 Å². The lowest BCUT2D eigenvalue weighted by molar-refractivity contribution is -0.274. The fourth-order valence-electron chi connectivity index (χ4n) is 2.87. The molecule has 0 bridgehead atoms. The van der Waals surface area contributed by atoms with E-state index in [9.17, 15) is 18.0 Å². The van der Waals surface area contributed by atoms with E-state index in [0.29, 0.717) is 5.71 Å². The van der Waals surface area contributed by atoms with Crippen LogP contribution < -0.4 is 9.75 Å². The van der Waals surface area contributed by atoms with Crippen molar-refractivity contribution in [1.29, 1.82) is 0 Å². The molecule has 0 N–H and O–H groups in total. The van der Waals surface area contributed by atoms with Crippen LogP contribution in [0.4, 0.5) is 23.7 Å². The van der Waals surface area contributed by atoms with Gasteiger partial charge in [-0.3, -0.25) is 0 Å². The van der Waals surface area contributed by atoms with Gasteiger partial charge < -0.3 is 9.47 Å². The highest BCUT2D eigenvalue weighted by molar-refractivity contribution is 6.14. The molecule has 3 rings (SSSR count). The van der Waals surface area contributed by atoms with E-state index in [-0.39, 0.29) is 5.69 Å². The van der Waals surface area contributed by atoms with Crippen LogP contribution in [0.5, 0.6) is 5.75 Å². The second-order valence-corrected chi connectivity index (χ2v) is 8.01. The largest absolute Gasteiger partial charge is 0.573 e. The molecule has 0 aromatic heterocycles. The minimum absolute atomic E-state index is 0.211. The minimum atomic E-state index is -4.82. The van der Waals surface area contributed by atoms with E-state index >= 15 is 0 Å². The fraction of sp³-hybridized carbons (Fsp3) is 0.200. The zero-order valence-electron chi connectivity index (χ0n) is 18.3. The van der Waals surface area contributed by atoms with Gasteiger partial charge in [-0.1, -0.05) is 60.7 Å². The molecule has 0 fully saturated rings. The van der Waals surface area contributed by atoms with E-state index in [2.05, 4.69) is 9.84 Å². The number of carbonyl (C=O) groups excluding carboxylic acids is 1. The van der Waals surface area contributed by atoms with Gasteiger partial charge in [0.15, 0.2) is 0 Å². The van der Waals surface area contributed by atoms with Gasteiger partial charge in [0, 0.05) is 11.1 Å². The van der Waals surface area contributed by atoms with Crippen molar-refractivity contribution in [3.63, 3.8) is 0 Å². The first-order valence-corrected chi connectivity index (χ1v) is 10.1. The molecule has 0 spiro atoms. The molecule has 8 heteroatoms. The molecule has 0 aliphatic heterocycles. The first-order chi connectivity index (χ1) is 15.5. The summed E-state index contributed by atoms with van der Waals surface area (Å²) in [6.45, 7) is 5.13. The highest BCUT2D eigenvalue weighted by atomic mass is 19.4. The molecule has 0 saturated heterocycles. The number of amides is 1. The Balaban J connectivity index is 2.09. The maximum Gasteiger partial charge on any atom is 0.573 e. The highest BCUT2D eigenvalue weighted by Crippen LogP contribution is 2.27. The Hall–Kier alpha value is -3.81. The number of ether oxygens (including phenoxy) is 2. The van der Waals surface area contributed by atoms with E-state index in [1.54, 1.807) is 20.8 Å². The molecule has 0 heterocycles. The third-order valence-electron chi connectivity index (χ3n) is 4.18. The Labute approximate surface area is 190 Å². The van der Waals surface area contributed by atoms with Crippen LogP contribution in [0.15, 0.2) is 90.0 Å². The fourth-order valence-corrected chi connectivity index (χ4v) is 2.87. The van der Waals surface area contributed by atoms with Gasteiger partial charge >= 0.3 is 12.5 Å². The van der Waals surface area contributed by atoms with E-state index in [1.165, 1.54) is 12.1 Å². The normalized spacial score (nSPS) is 11.5. The molecular formula is C25H23F3N2O3. The topological polar surface area (TPSA) is 51.1 Å². The second kappa shape index (κ2) is 9.77. The summed E-state index contributed by atoms with van der Waals surface area (Å²) in [5, 5.41) is 5.61. The molecule has 0 aliphatic carbocycles. The maximum atomic E-state index is 13.1. The van der Waals surface area contributed by atoms with Crippen LogP contribution in [-0.4, -0.2) is 23.8 Å². The summed E-state index contributed by atoms with van der Waals surface area (Å²) in [4.78, 5) is 13.1. The zero-order valence-corrected chi connectivity index (χ0v) is 18.3. The number of carbonyl (C=O) groups is 1. The number of benzene rings is 3. The molecule has 3 aromatic rings. The molecule has 3 aromatic carbocycles. The van der Waals surface area contributed by atoms with E-state index in [1.807, 2.05) is 60.7 Å². The Morgan fingerprint density at radius 3 is 1.70 bits per heavy atom. The number of alkyl halides is 3. The lowest BCUT2D eigenvalue weighted by atomic mass is 10.0. The quantitative estimate of drug-likeness (QED) is 0.314. The Morgan fingerprint density at radius 2 is 1.27 bits per heavy atom. The van der Waals surface area contributed by atoms with Crippen LogP contribution in [-0.2, 0) is 4.74 Å². The monoisotopic (exact) mass is 456 g/mol. The van der Waals surface area contributed by atoms with Crippen molar-refractivity contribution in [2.45, 2.75) is 32.7 Å². The van der Waals surface area contributed by atoms with Gasteiger partial charge in [-0.25, -0.2) is 4.79 Å². The van der Waals surface area contributed by atoms with Crippen molar-refractivity contribution in [3.05, 3.63) is 96.1 Å². The standard InChI is InChI=1S/C25H23F3N2O3/c1-24(2,3)33-23(31)30(20-14-16-21(17-15-20)32-25(26,27)28)29-22(18-10-6-4-7-11-18)19-12-8-5-9-13-19/h4-17H,1-3H3. The number of hydrogen-bond acceptors (Lipinski definition) is 4. The Kier molecular flexibility index (Phi) is 7.06. The van der Waals surface area contributed by atoms with Gasteiger partial charge in [0.05, 0.1) is 11.4 Å². The SMILES string of the molecule is CC(C)(C)OC(=O)N(N=C(c1ccccc1)c1ccccc1)c1ccc(OC(F)(F)F)cc1. The molecular weight excluding hydrogens is 433 g/mol. The molecule has 0 aliphatic rings. The van der Waals surface area contributed by atoms with Gasteiger partial charge in [-0.2, -0.15) is 10.1 Å². The van der Waals surface area contributed by atoms with Crippen LogP contribution in [0, 0.1) is 0 Å². The number of hydrogen-bond donors (Lipinski definition) is 0. The average molecular weight is 456 g/mol. The van der Waals surface area contributed by atoms with Crippen LogP contribution >= 0.6 is 0 Å². The molecule has 172 valence electrons. The molecule has 33 heavy (non-hydrogen) atoms. The third kappa shape index (κ3) is 7.10. The Bertz CT molecular complexity index is 1050. The number of nitrogens with zero attached hydrogens (tertiary/aromatic N) is 2. The van der Waals surface area contributed by atoms with E-state index < -0.39 is 23.8 Å². The van der Waals surface area contributed by atoms with Crippen molar-refractivity contribution >= 4 is 17.5 Å². The van der Waals surface area contributed by atoms with Gasteiger partial charge in [0.2, 0.25) is 0 Å². The molecule has 0 saturated carbocycles. The first-order valence-electron chi connectivity index (χ1n) is 10.1. The van der Waals surface area contributed by atoms with Gasteiger partial charge in [-0.05, 0) is 45.0 Å². The average Bonchev–Trinajstić information content (AvgIpc) is 2.74. The lowest BCUT2D eigenvalue weighted by Gasteiger charge is -2.25. The number of anilines is 1. The van der Waals surface area contributed by atoms with E-state index in [0.717, 1.165) is 28.3 Å². The van der Waals surface area contributed by atoms with Gasteiger partial charge in [0.25, 0.3) is 0 Å². The lowest BCUT2D eigenvalue weighted by Crippen LogP contribution is -2.34. The smallest absolute Gasteiger partial charge is 0.442 e. The Morgan fingerprint density at radius 1 is 0.788 bits per heavy atom. The van der Waals surface area contributed by atoms with Crippen LogP contribution in [0.1, 0.15) is 31.9 Å². The van der Waals surface area contributed by atoms with E-state index in [4.69, 9.17) is 4.74 Å². The van der Waals surface area contributed by atoms with Gasteiger partial charge in [-0.15, -0.1) is 13.2 Å². The number of hydrazone groups is 1. The molecule has 5 nitrogen and oxygen atoms in total. The first kappa shape index (κ1) is 23.8. The minimum Gasteiger partial charge on any atom is -0.442 e. The van der Waals surface area contributed by atoms with Crippen molar-refractivity contribution in [2.75, 3.05) is 5.01 Å². The molecule has 0 unspecified atom stereocenters. The van der Waals surface area contributed by atoms with Crippen LogP contribution in [0.25, 0.3) is 0 Å². The second-order valence-electron chi connectivity index (χ2n) is 8.01. The number of rotatable bonds is 5. The zero-order chi connectivity index (χ0) is 24.1. The third-order valence-corrected chi connectivity index (χ3v) is 4.18. The summed E-state index contributed by atoms with van der Waals surface area (Å²) in [6.07, 6.45) is -5.60. The van der Waals surface area contributed by atoms with Crippen LogP contribution in [0.2, 0.25) is 0 Å². The summed E-state index contributed by atoms with van der Waals surface area (Å²) in [5.41, 5.74) is 1.37. The van der Waals surface area contributed by atoms with Crippen molar-refractivity contribution in [1.82, 2.24) is 0 Å². The van der Waals surface area contributed by atoms with Crippen LogP contribution in [0.3, 0.4) is 0 Å². The predicted molar refractivity (Wildman–Crippen MR) is 120 cm³/mol.